The van der Waals surface area contributed by atoms with Gasteiger partial charge in [-0.25, -0.2) is 0 Å². The first-order valence-electron chi connectivity index (χ1n) is 11.1. The van der Waals surface area contributed by atoms with E-state index in [1.807, 2.05) is 12.2 Å². The number of rotatable bonds is 15. The third-order valence-corrected chi connectivity index (χ3v) is 5.94. The molecule has 0 heterocycles. The van der Waals surface area contributed by atoms with E-state index in [9.17, 15) is 15.3 Å². The van der Waals surface area contributed by atoms with Gasteiger partial charge in [0.15, 0.2) is 0 Å². The van der Waals surface area contributed by atoms with Crippen LogP contribution in [0, 0.1) is 11.8 Å². The second-order valence-corrected chi connectivity index (χ2v) is 8.29. The van der Waals surface area contributed by atoms with Gasteiger partial charge in [0.2, 0.25) is 0 Å². The Morgan fingerprint density at radius 3 is 2.46 bits per heavy atom. The average molecular weight is 395 g/mol. The SMILES string of the molecule is C=CC(O)(CC=C[C@@H]1[C@@H](CC=CCCCCO)[C@@H](O)C[C@H]1O)CCCCCC. The average Bonchev–Trinajstić information content (AvgIpc) is 2.95. The fourth-order valence-corrected chi connectivity index (χ4v) is 4.03. The van der Waals surface area contributed by atoms with Gasteiger partial charge in [-0.1, -0.05) is 63.0 Å². The van der Waals surface area contributed by atoms with Crippen molar-refractivity contribution in [2.45, 2.75) is 95.4 Å². The third-order valence-electron chi connectivity index (χ3n) is 5.94. The molecule has 4 nitrogen and oxygen atoms in total. The van der Waals surface area contributed by atoms with E-state index >= 15 is 0 Å². The maximum Gasteiger partial charge on any atom is 0.0859 e. The largest absolute Gasteiger partial charge is 0.396 e. The van der Waals surface area contributed by atoms with E-state index in [2.05, 4.69) is 25.7 Å². The van der Waals surface area contributed by atoms with E-state index in [4.69, 9.17) is 5.11 Å². The molecule has 4 N–H and O–H groups in total. The molecule has 1 unspecified atom stereocenters. The molecule has 28 heavy (non-hydrogen) atoms. The molecule has 1 aliphatic rings. The Labute approximate surface area is 171 Å². The monoisotopic (exact) mass is 394 g/mol. The molecule has 5 atom stereocenters. The molecule has 0 radical (unpaired) electrons. The summed E-state index contributed by atoms with van der Waals surface area (Å²) in [6, 6.07) is 0. The van der Waals surface area contributed by atoms with Crippen molar-refractivity contribution in [1.29, 1.82) is 0 Å². The van der Waals surface area contributed by atoms with Gasteiger partial charge in [-0.05, 0) is 44.4 Å². The standard InChI is InChI=1S/C24H42O4/c1-3-5-6-11-16-24(28,4-2)17-13-15-21-20(22(26)19-23(21)27)14-10-8-7-9-12-18-25/h4,8,10,13,15,20-23,25-28H,2-3,5-7,9,11-12,14,16-19H2,1H3/t20-,21-,22+,23-,24?/m1/s1. The van der Waals surface area contributed by atoms with Crippen LogP contribution in [0.4, 0.5) is 0 Å². The second-order valence-electron chi connectivity index (χ2n) is 8.29. The zero-order valence-corrected chi connectivity index (χ0v) is 17.7. The van der Waals surface area contributed by atoms with Gasteiger partial charge in [0.25, 0.3) is 0 Å². The van der Waals surface area contributed by atoms with Gasteiger partial charge >= 0.3 is 0 Å². The first kappa shape index (κ1) is 25.1. The number of aliphatic hydroxyl groups is 4. The molecule has 1 aliphatic carbocycles. The molecule has 0 aromatic carbocycles. The summed E-state index contributed by atoms with van der Waals surface area (Å²) < 4.78 is 0. The van der Waals surface area contributed by atoms with Crippen LogP contribution in [0.3, 0.4) is 0 Å². The van der Waals surface area contributed by atoms with Crippen molar-refractivity contribution >= 4 is 0 Å². The summed E-state index contributed by atoms with van der Waals surface area (Å²) in [5, 5.41) is 40.2. The smallest absolute Gasteiger partial charge is 0.0859 e. The lowest BCUT2D eigenvalue weighted by Crippen LogP contribution is -2.25. The molecule has 0 aromatic rings. The lowest BCUT2D eigenvalue weighted by molar-refractivity contribution is 0.0813. The molecule has 1 rings (SSSR count). The van der Waals surface area contributed by atoms with Crippen LogP contribution in [0.1, 0.15) is 77.6 Å². The molecular formula is C24H42O4. The van der Waals surface area contributed by atoms with Crippen LogP contribution in [0.25, 0.3) is 0 Å². The van der Waals surface area contributed by atoms with Crippen molar-refractivity contribution < 1.29 is 20.4 Å². The summed E-state index contributed by atoms with van der Waals surface area (Å²) in [5.41, 5.74) is -0.894. The van der Waals surface area contributed by atoms with Crippen LogP contribution in [0.5, 0.6) is 0 Å². The second kappa shape index (κ2) is 14.1. The number of allylic oxidation sites excluding steroid dienone is 2. The Hall–Kier alpha value is -0.940. The van der Waals surface area contributed by atoms with Crippen LogP contribution in [0.2, 0.25) is 0 Å². The third kappa shape index (κ3) is 9.04. The number of unbranched alkanes of at least 4 members (excludes halogenated alkanes) is 5. The van der Waals surface area contributed by atoms with Crippen LogP contribution < -0.4 is 0 Å². The molecule has 0 aromatic heterocycles. The van der Waals surface area contributed by atoms with Gasteiger partial charge in [0, 0.05) is 18.9 Å². The fraction of sp³-hybridized carbons (Fsp3) is 0.750. The van der Waals surface area contributed by atoms with Crippen LogP contribution in [-0.2, 0) is 0 Å². The maximum absolute atomic E-state index is 10.7. The Morgan fingerprint density at radius 2 is 1.79 bits per heavy atom. The molecule has 0 saturated heterocycles. The Kier molecular flexibility index (Phi) is 12.6. The van der Waals surface area contributed by atoms with Crippen molar-refractivity contribution in [3.05, 3.63) is 37.0 Å². The molecule has 0 aliphatic heterocycles. The van der Waals surface area contributed by atoms with Crippen molar-refractivity contribution in [3.63, 3.8) is 0 Å². The first-order valence-corrected chi connectivity index (χ1v) is 11.1. The molecule has 1 fully saturated rings. The minimum absolute atomic E-state index is 0.00159. The molecule has 162 valence electrons. The quantitative estimate of drug-likeness (QED) is 0.247. The van der Waals surface area contributed by atoms with Gasteiger partial charge in [0.05, 0.1) is 17.8 Å². The lowest BCUT2D eigenvalue weighted by Gasteiger charge is -2.24. The predicted molar refractivity (Wildman–Crippen MR) is 116 cm³/mol. The first-order chi connectivity index (χ1) is 13.5. The van der Waals surface area contributed by atoms with Gasteiger partial charge in [-0.3, -0.25) is 0 Å². The number of hydrogen-bond donors (Lipinski definition) is 4. The molecular weight excluding hydrogens is 352 g/mol. The molecule has 1 saturated carbocycles. The van der Waals surface area contributed by atoms with E-state index in [1.54, 1.807) is 6.08 Å². The topological polar surface area (TPSA) is 80.9 Å². The minimum Gasteiger partial charge on any atom is -0.396 e. The van der Waals surface area contributed by atoms with E-state index in [0.717, 1.165) is 38.5 Å². The minimum atomic E-state index is -0.894. The lowest BCUT2D eigenvalue weighted by atomic mass is 9.88. The summed E-state index contributed by atoms with van der Waals surface area (Å²) in [4.78, 5) is 0. The van der Waals surface area contributed by atoms with Crippen LogP contribution in [0.15, 0.2) is 37.0 Å². The highest BCUT2D eigenvalue weighted by atomic mass is 16.3. The highest BCUT2D eigenvalue weighted by molar-refractivity contribution is 5.08. The summed E-state index contributed by atoms with van der Waals surface area (Å²) in [5.74, 6) is -0.0898. The Balaban J connectivity index is 2.55. The molecule has 0 amide bonds. The normalized spacial score (nSPS) is 27.6. The van der Waals surface area contributed by atoms with Crippen molar-refractivity contribution in [1.82, 2.24) is 0 Å². The van der Waals surface area contributed by atoms with Crippen molar-refractivity contribution in [3.8, 4) is 0 Å². The van der Waals surface area contributed by atoms with Crippen molar-refractivity contribution in [2.24, 2.45) is 11.8 Å². The summed E-state index contributed by atoms with van der Waals surface area (Å²) in [6.07, 6.45) is 18.2. The number of aliphatic hydroxyl groups excluding tert-OH is 3. The molecule has 4 heteroatoms. The van der Waals surface area contributed by atoms with E-state index in [0.29, 0.717) is 19.3 Å². The summed E-state index contributed by atoms with van der Waals surface area (Å²) in [7, 11) is 0. The molecule has 0 bridgehead atoms. The summed E-state index contributed by atoms with van der Waals surface area (Å²) in [6.45, 7) is 6.19. The van der Waals surface area contributed by atoms with Gasteiger partial charge < -0.3 is 20.4 Å². The zero-order chi connectivity index (χ0) is 20.8. The van der Waals surface area contributed by atoms with Gasteiger partial charge in [0.1, 0.15) is 0 Å². The summed E-state index contributed by atoms with van der Waals surface area (Å²) >= 11 is 0. The molecule has 0 spiro atoms. The van der Waals surface area contributed by atoms with Crippen LogP contribution in [-0.4, -0.2) is 44.8 Å². The van der Waals surface area contributed by atoms with E-state index < -0.39 is 17.8 Å². The maximum atomic E-state index is 10.7. The fourth-order valence-electron chi connectivity index (χ4n) is 4.03. The van der Waals surface area contributed by atoms with Gasteiger partial charge in [-0.15, -0.1) is 6.58 Å². The van der Waals surface area contributed by atoms with Gasteiger partial charge in [-0.2, -0.15) is 0 Å². The highest BCUT2D eigenvalue weighted by Crippen LogP contribution is 2.36. The van der Waals surface area contributed by atoms with E-state index in [1.165, 1.54) is 12.8 Å². The van der Waals surface area contributed by atoms with Crippen molar-refractivity contribution in [2.75, 3.05) is 6.61 Å². The van der Waals surface area contributed by atoms with Crippen LogP contribution >= 0.6 is 0 Å². The number of hydrogen-bond acceptors (Lipinski definition) is 4. The Bertz CT molecular complexity index is 473. The van der Waals surface area contributed by atoms with E-state index in [-0.39, 0.29) is 18.4 Å². The Morgan fingerprint density at radius 1 is 1.00 bits per heavy atom. The predicted octanol–water partition coefficient (Wildman–Crippen LogP) is 4.29. The highest BCUT2D eigenvalue weighted by Gasteiger charge is 2.39. The zero-order valence-electron chi connectivity index (χ0n) is 17.7.